The van der Waals surface area contributed by atoms with E-state index in [0.717, 1.165) is 61.6 Å². The third kappa shape index (κ3) is 10.3. The highest BCUT2D eigenvalue weighted by Gasteiger charge is 2.44. The van der Waals surface area contributed by atoms with Gasteiger partial charge in [-0.2, -0.15) is 0 Å². The van der Waals surface area contributed by atoms with Crippen LogP contribution in [0.3, 0.4) is 0 Å². The number of aliphatic imine (C=N–C) groups is 1. The summed E-state index contributed by atoms with van der Waals surface area (Å²) in [5.74, 6) is 0.661. The topological polar surface area (TPSA) is 87.8 Å². The second kappa shape index (κ2) is 15.5. The number of nitrogens with two attached hydrogens (primary N) is 1. The Morgan fingerprint density at radius 2 is 1.67 bits per heavy atom. The number of hydrogen-bond acceptors (Lipinski definition) is 3. The van der Waals surface area contributed by atoms with Crippen molar-refractivity contribution in [2.75, 3.05) is 13.6 Å². The summed E-state index contributed by atoms with van der Waals surface area (Å²) < 4.78 is 0. The maximum absolute atomic E-state index is 13.4. The first-order valence-corrected chi connectivity index (χ1v) is 17.1. The Morgan fingerprint density at radius 1 is 1.09 bits per heavy atom. The molecular formula is C36H51Cl2N4O2P. The van der Waals surface area contributed by atoms with Crippen molar-refractivity contribution in [2.45, 2.75) is 96.8 Å². The SMILES string of the molecule is CN=C(N)CNC(=O)c1ccc(C(CCC(C)(C)C)N(C=O)C2(/C=C(\C)c3cc(Cl)cc(Cl)c3)CCC(C(C)(C)P)CC2)cc1. The molecule has 1 aliphatic carbocycles. The zero-order valence-electron chi connectivity index (χ0n) is 27.9. The number of nitrogens with one attached hydrogen (secondary N) is 1. The molecule has 246 valence electrons. The van der Waals surface area contributed by atoms with Crippen LogP contribution in [0.5, 0.6) is 0 Å². The van der Waals surface area contributed by atoms with E-state index in [1.807, 2.05) is 36.4 Å². The van der Waals surface area contributed by atoms with E-state index < -0.39 is 5.54 Å². The van der Waals surface area contributed by atoms with Gasteiger partial charge in [0, 0.05) is 22.7 Å². The summed E-state index contributed by atoms with van der Waals surface area (Å²) in [4.78, 5) is 32.1. The quantitative estimate of drug-likeness (QED) is 0.102. The second-order valence-electron chi connectivity index (χ2n) is 14.3. The Kier molecular flexibility index (Phi) is 12.7. The molecule has 2 aromatic rings. The normalized spacial score (nSPS) is 20.4. The first-order valence-electron chi connectivity index (χ1n) is 15.8. The van der Waals surface area contributed by atoms with E-state index in [1.54, 1.807) is 13.1 Å². The van der Waals surface area contributed by atoms with E-state index in [4.69, 9.17) is 28.9 Å². The van der Waals surface area contributed by atoms with Crippen LogP contribution < -0.4 is 11.1 Å². The minimum Gasteiger partial charge on any atom is -0.386 e. The van der Waals surface area contributed by atoms with Crippen molar-refractivity contribution >= 4 is 56.2 Å². The van der Waals surface area contributed by atoms with Gasteiger partial charge in [0.15, 0.2) is 0 Å². The molecule has 2 unspecified atom stereocenters. The molecule has 1 aliphatic rings. The fraction of sp³-hybridized carbons (Fsp3) is 0.528. The van der Waals surface area contributed by atoms with Crippen LogP contribution >= 0.6 is 32.4 Å². The maximum Gasteiger partial charge on any atom is 0.251 e. The Labute approximate surface area is 282 Å². The van der Waals surface area contributed by atoms with Gasteiger partial charge in [0.1, 0.15) is 5.84 Å². The first kappa shape index (κ1) is 37.1. The molecule has 0 heterocycles. The molecule has 45 heavy (non-hydrogen) atoms. The average Bonchev–Trinajstić information content (AvgIpc) is 2.96. The monoisotopic (exact) mass is 672 g/mol. The lowest BCUT2D eigenvalue weighted by Gasteiger charge is -2.50. The van der Waals surface area contributed by atoms with Gasteiger partial charge >= 0.3 is 0 Å². The van der Waals surface area contributed by atoms with Gasteiger partial charge in [0.25, 0.3) is 5.91 Å². The smallest absolute Gasteiger partial charge is 0.251 e. The van der Waals surface area contributed by atoms with Crippen molar-refractivity contribution in [3.63, 3.8) is 0 Å². The molecule has 0 aromatic heterocycles. The van der Waals surface area contributed by atoms with Crippen LogP contribution in [0.15, 0.2) is 53.5 Å². The highest BCUT2D eigenvalue weighted by atomic mass is 35.5. The zero-order chi connectivity index (χ0) is 33.6. The number of rotatable bonds is 12. The number of carbonyl (C=O) groups excluding carboxylic acids is 2. The fourth-order valence-corrected chi connectivity index (χ4v) is 7.20. The molecule has 0 saturated heterocycles. The average molecular weight is 674 g/mol. The number of allylic oxidation sites excluding steroid dienone is 1. The van der Waals surface area contributed by atoms with Crippen LogP contribution in [0.1, 0.15) is 108 Å². The Hall–Kier alpha value is -2.40. The van der Waals surface area contributed by atoms with E-state index >= 15 is 0 Å². The van der Waals surface area contributed by atoms with Crippen LogP contribution in [-0.4, -0.2) is 47.3 Å². The van der Waals surface area contributed by atoms with E-state index in [9.17, 15) is 9.59 Å². The van der Waals surface area contributed by atoms with E-state index in [0.29, 0.717) is 27.4 Å². The minimum atomic E-state index is -0.511. The van der Waals surface area contributed by atoms with Crippen LogP contribution in [0.25, 0.3) is 5.57 Å². The summed E-state index contributed by atoms with van der Waals surface area (Å²) in [6, 6.07) is 13.0. The number of carbonyl (C=O) groups is 2. The van der Waals surface area contributed by atoms with Crippen LogP contribution in [0, 0.1) is 11.3 Å². The van der Waals surface area contributed by atoms with Gasteiger partial charge in [-0.3, -0.25) is 14.6 Å². The molecule has 3 N–H and O–H groups in total. The lowest BCUT2D eigenvalue weighted by Crippen LogP contribution is -2.52. The van der Waals surface area contributed by atoms with Gasteiger partial charge in [-0.1, -0.05) is 76.0 Å². The highest BCUT2D eigenvalue weighted by Crippen LogP contribution is 2.48. The van der Waals surface area contributed by atoms with Crippen molar-refractivity contribution < 1.29 is 9.59 Å². The molecule has 0 bridgehead atoms. The van der Waals surface area contributed by atoms with Crippen molar-refractivity contribution in [2.24, 2.45) is 22.1 Å². The van der Waals surface area contributed by atoms with Crippen molar-refractivity contribution in [1.82, 2.24) is 10.2 Å². The highest BCUT2D eigenvalue weighted by molar-refractivity contribution is 7.18. The molecule has 0 radical (unpaired) electrons. The molecule has 0 aliphatic heterocycles. The molecule has 1 saturated carbocycles. The predicted molar refractivity (Wildman–Crippen MR) is 194 cm³/mol. The molecule has 6 nitrogen and oxygen atoms in total. The standard InChI is InChI=1S/C36H51Cl2N4O2P/c1-24(27-18-29(37)20-30(38)19-27)21-36(16-12-28(13-17-36)35(5,6)45)42(23-43)31(14-15-34(2,3)4)25-8-10-26(11-9-25)33(44)41-22-32(39)40-7/h8-11,18-21,23,28,31H,12-17,22,45H2,1-7H3,(H2,39,40)(H,41,44)/b24-21+. The van der Waals surface area contributed by atoms with Gasteiger partial charge in [-0.05, 0) is 109 Å². The third-order valence-electron chi connectivity index (χ3n) is 9.11. The number of halogens is 2. The van der Waals surface area contributed by atoms with Gasteiger partial charge in [0.2, 0.25) is 6.41 Å². The minimum absolute atomic E-state index is 0.0744. The number of benzene rings is 2. The van der Waals surface area contributed by atoms with Crippen molar-refractivity contribution in [3.8, 4) is 0 Å². The van der Waals surface area contributed by atoms with Crippen molar-refractivity contribution in [3.05, 3.63) is 75.3 Å². The first-order chi connectivity index (χ1) is 21.0. The molecule has 0 spiro atoms. The van der Waals surface area contributed by atoms with E-state index in [2.05, 4.69) is 72.1 Å². The van der Waals surface area contributed by atoms with Crippen molar-refractivity contribution in [1.29, 1.82) is 0 Å². The Morgan fingerprint density at radius 3 is 2.16 bits per heavy atom. The van der Waals surface area contributed by atoms with E-state index in [-0.39, 0.29) is 29.1 Å². The molecule has 9 heteroatoms. The summed E-state index contributed by atoms with van der Waals surface area (Å²) in [7, 11) is 4.62. The van der Waals surface area contributed by atoms with Gasteiger partial charge < -0.3 is 16.0 Å². The van der Waals surface area contributed by atoms with Gasteiger partial charge in [0.05, 0.1) is 18.1 Å². The van der Waals surface area contributed by atoms with Crippen LogP contribution in [0.4, 0.5) is 0 Å². The van der Waals surface area contributed by atoms with Crippen LogP contribution in [0.2, 0.25) is 10.0 Å². The summed E-state index contributed by atoms with van der Waals surface area (Å²) in [5.41, 5.74) is 8.83. The third-order valence-corrected chi connectivity index (χ3v) is 10.0. The number of amidine groups is 1. The summed E-state index contributed by atoms with van der Waals surface area (Å²) >= 11 is 12.8. The molecule has 3 rings (SSSR count). The lowest BCUT2D eigenvalue weighted by molar-refractivity contribution is -0.127. The summed E-state index contributed by atoms with van der Waals surface area (Å²) in [5, 5.41) is 4.07. The van der Waals surface area contributed by atoms with Crippen LogP contribution in [-0.2, 0) is 4.79 Å². The number of amides is 2. The second-order valence-corrected chi connectivity index (χ2v) is 16.7. The summed E-state index contributed by atoms with van der Waals surface area (Å²) in [6.45, 7) is 13.5. The predicted octanol–water partition coefficient (Wildman–Crippen LogP) is 8.72. The fourth-order valence-electron chi connectivity index (χ4n) is 6.34. The largest absolute Gasteiger partial charge is 0.386 e. The Balaban J connectivity index is 2.09. The zero-order valence-corrected chi connectivity index (χ0v) is 30.6. The number of nitrogens with zero attached hydrogens (tertiary/aromatic N) is 2. The van der Waals surface area contributed by atoms with E-state index in [1.165, 1.54) is 0 Å². The molecule has 2 aromatic carbocycles. The lowest BCUT2D eigenvalue weighted by atomic mass is 9.70. The summed E-state index contributed by atoms with van der Waals surface area (Å²) in [6.07, 6.45) is 8.70. The molecule has 2 amide bonds. The molecule has 1 fully saturated rings. The number of hydrogen-bond donors (Lipinski definition) is 2. The Bertz CT molecular complexity index is 1360. The molecule has 2 atom stereocenters. The maximum atomic E-state index is 13.4. The van der Waals surface area contributed by atoms with Gasteiger partial charge in [-0.15, -0.1) is 9.24 Å². The van der Waals surface area contributed by atoms with Gasteiger partial charge in [-0.25, -0.2) is 0 Å². The molecular weight excluding hydrogens is 622 g/mol.